The highest BCUT2D eigenvalue weighted by Crippen LogP contribution is 2.15. The number of halogens is 2. The Hall–Kier alpha value is -3.29. The van der Waals surface area contributed by atoms with Gasteiger partial charge < -0.3 is 15.5 Å². The van der Waals surface area contributed by atoms with Crippen LogP contribution in [0.25, 0.3) is 0 Å². The molecule has 0 aliphatic carbocycles. The van der Waals surface area contributed by atoms with Crippen molar-refractivity contribution in [3.63, 3.8) is 0 Å². The lowest BCUT2D eigenvalue weighted by atomic mass is 10.1. The zero-order valence-electron chi connectivity index (χ0n) is 14.2. The van der Waals surface area contributed by atoms with Crippen LogP contribution in [-0.4, -0.2) is 24.1 Å². The number of hydrogen-bond acceptors (Lipinski definition) is 4. The summed E-state index contributed by atoms with van der Waals surface area (Å²) < 4.78 is 26.3. The van der Waals surface area contributed by atoms with Gasteiger partial charge in [-0.05, 0) is 36.8 Å². The fourth-order valence-corrected chi connectivity index (χ4v) is 2.02. The maximum atomic E-state index is 13.4. The number of carbonyl (C=O) groups is 2. The van der Waals surface area contributed by atoms with Crippen molar-refractivity contribution in [3.8, 4) is 0 Å². The summed E-state index contributed by atoms with van der Waals surface area (Å²) >= 11 is 0. The third kappa shape index (κ3) is 5.66. The van der Waals surface area contributed by atoms with Crippen LogP contribution in [0.1, 0.15) is 19.4 Å². The van der Waals surface area contributed by atoms with Gasteiger partial charge in [0.25, 0.3) is 5.91 Å². The second-order valence-electron chi connectivity index (χ2n) is 5.38. The van der Waals surface area contributed by atoms with E-state index in [-0.39, 0.29) is 11.6 Å². The van der Waals surface area contributed by atoms with Gasteiger partial charge in [0.15, 0.2) is 6.61 Å². The van der Waals surface area contributed by atoms with Crippen molar-refractivity contribution < 1.29 is 23.2 Å². The lowest BCUT2D eigenvalue weighted by Gasteiger charge is -2.07. The summed E-state index contributed by atoms with van der Waals surface area (Å²) in [5.41, 5.74) is 1.76. The van der Waals surface area contributed by atoms with Gasteiger partial charge in [0.1, 0.15) is 11.6 Å². The summed E-state index contributed by atoms with van der Waals surface area (Å²) in [4.78, 5) is 27.6. The standard InChI is InChI=1S/C18H17F2N3O3/c1-11(13-3-6-15(7-4-13)21-12(2)24)23-26-10-18(25)22-17-8-5-14(19)9-16(17)20/h3-9H,10H2,1-2H3,(H,21,24)(H,22,25)/b23-11+. The molecule has 0 atom stereocenters. The van der Waals surface area contributed by atoms with Gasteiger partial charge in [0, 0.05) is 18.7 Å². The molecule has 0 spiro atoms. The number of nitrogens with one attached hydrogen (secondary N) is 2. The molecule has 2 N–H and O–H groups in total. The van der Waals surface area contributed by atoms with Crippen molar-refractivity contribution in [3.05, 3.63) is 59.7 Å². The Bertz CT molecular complexity index is 836. The van der Waals surface area contributed by atoms with Crippen LogP contribution in [0, 0.1) is 11.6 Å². The fraction of sp³-hybridized carbons (Fsp3) is 0.167. The number of amides is 2. The summed E-state index contributed by atoms with van der Waals surface area (Å²) in [6, 6.07) is 9.71. The molecule has 2 aromatic rings. The first kappa shape index (κ1) is 19.0. The van der Waals surface area contributed by atoms with Crippen LogP contribution in [0.15, 0.2) is 47.6 Å². The van der Waals surface area contributed by atoms with Crippen molar-refractivity contribution in [2.75, 3.05) is 17.2 Å². The van der Waals surface area contributed by atoms with Gasteiger partial charge in [-0.15, -0.1) is 0 Å². The molecular weight excluding hydrogens is 344 g/mol. The highest BCUT2D eigenvalue weighted by molar-refractivity contribution is 5.99. The molecule has 0 aromatic heterocycles. The van der Waals surface area contributed by atoms with E-state index in [2.05, 4.69) is 15.8 Å². The molecule has 2 aromatic carbocycles. The van der Waals surface area contributed by atoms with Crippen LogP contribution in [0.4, 0.5) is 20.2 Å². The van der Waals surface area contributed by atoms with E-state index in [9.17, 15) is 18.4 Å². The first-order chi connectivity index (χ1) is 12.3. The second-order valence-corrected chi connectivity index (χ2v) is 5.38. The lowest BCUT2D eigenvalue weighted by molar-refractivity contribution is -0.120. The van der Waals surface area contributed by atoms with E-state index in [1.807, 2.05) is 0 Å². The van der Waals surface area contributed by atoms with Crippen LogP contribution < -0.4 is 10.6 Å². The smallest absolute Gasteiger partial charge is 0.265 e. The minimum Gasteiger partial charge on any atom is -0.385 e. The summed E-state index contributed by atoms with van der Waals surface area (Å²) in [6.07, 6.45) is 0. The quantitative estimate of drug-likeness (QED) is 0.612. The summed E-state index contributed by atoms with van der Waals surface area (Å²) in [5.74, 6) is -2.41. The Morgan fingerprint density at radius 3 is 2.35 bits per heavy atom. The number of rotatable bonds is 6. The molecule has 0 bridgehead atoms. The van der Waals surface area contributed by atoms with Gasteiger partial charge >= 0.3 is 0 Å². The predicted molar refractivity (Wildman–Crippen MR) is 93.9 cm³/mol. The van der Waals surface area contributed by atoms with E-state index in [4.69, 9.17) is 4.84 Å². The molecule has 26 heavy (non-hydrogen) atoms. The molecule has 0 radical (unpaired) electrons. The van der Waals surface area contributed by atoms with Gasteiger partial charge in [0.05, 0.1) is 11.4 Å². The van der Waals surface area contributed by atoms with Crippen LogP contribution in [0.5, 0.6) is 0 Å². The Morgan fingerprint density at radius 2 is 1.73 bits per heavy atom. The number of hydrogen-bond donors (Lipinski definition) is 2. The number of nitrogens with zero attached hydrogens (tertiary/aromatic N) is 1. The number of oxime groups is 1. The van der Waals surface area contributed by atoms with Gasteiger partial charge in [0.2, 0.25) is 5.91 Å². The zero-order chi connectivity index (χ0) is 19.1. The average molecular weight is 361 g/mol. The van der Waals surface area contributed by atoms with Gasteiger partial charge in [-0.25, -0.2) is 8.78 Å². The molecule has 6 nitrogen and oxygen atoms in total. The normalized spacial score (nSPS) is 11.0. The Kier molecular flexibility index (Phi) is 6.37. The molecule has 0 fully saturated rings. The largest absolute Gasteiger partial charge is 0.385 e. The van der Waals surface area contributed by atoms with E-state index in [1.54, 1.807) is 31.2 Å². The average Bonchev–Trinajstić information content (AvgIpc) is 2.57. The minimum absolute atomic E-state index is 0.144. The number of carbonyl (C=O) groups excluding carboxylic acids is 2. The Balaban J connectivity index is 1.88. The minimum atomic E-state index is -0.878. The third-order valence-corrected chi connectivity index (χ3v) is 3.23. The predicted octanol–water partition coefficient (Wildman–Crippen LogP) is 3.30. The van der Waals surface area contributed by atoms with Crippen molar-refractivity contribution in [1.29, 1.82) is 0 Å². The first-order valence-corrected chi connectivity index (χ1v) is 7.64. The summed E-state index contributed by atoms with van der Waals surface area (Å²) in [5, 5.41) is 8.72. The van der Waals surface area contributed by atoms with Crippen molar-refractivity contribution in [2.24, 2.45) is 5.16 Å². The van der Waals surface area contributed by atoms with Crippen molar-refractivity contribution in [2.45, 2.75) is 13.8 Å². The zero-order valence-corrected chi connectivity index (χ0v) is 14.2. The second kappa shape index (κ2) is 8.70. The van der Waals surface area contributed by atoms with E-state index >= 15 is 0 Å². The van der Waals surface area contributed by atoms with E-state index in [1.165, 1.54) is 6.92 Å². The molecule has 136 valence electrons. The van der Waals surface area contributed by atoms with Gasteiger partial charge in [-0.2, -0.15) is 0 Å². The topological polar surface area (TPSA) is 79.8 Å². The molecular formula is C18H17F2N3O3. The molecule has 2 amide bonds. The molecule has 0 saturated carbocycles. The maximum absolute atomic E-state index is 13.4. The van der Waals surface area contributed by atoms with E-state index in [0.717, 1.165) is 17.7 Å². The molecule has 0 aliphatic heterocycles. The third-order valence-electron chi connectivity index (χ3n) is 3.23. The summed E-state index contributed by atoms with van der Waals surface area (Å²) in [6.45, 7) is 2.67. The van der Waals surface area contributed by atoms with Crippen LogP contribution in [0.3, 0.4) is 0 Å². The van der Waals surface area contributed by atoms with Gasteiger partial charge in [-0.1, -0.05) is 17.3 Å². The van der Waals surface area contributed by atoms with Crippen LogP contribution in [-0.2, 0) is 14.4 Å². The highest BCUT2D eigenvalue weighted by Gasteiger charge is 2.08. The van der Waals surface area contributed by atoms with Crippen molar-refractivity contribution >= 4 is 28.9 Å². The van der Waals surface area contributed by atoms with E-state index in [0.29, 0.717) is 17.5 Å². The molecule has 2 rings (SSSR count). The first-order valence-electron chi connectivity index (χ1n) is 7.64. The Morgan fingerprint density at radius 1 is 1.04 bits per heavy atom. The fourth-order valence-electron chi connectivity index (χ4n) is 2.02. The lowest BCUT2D eigenvalue weighted by Crippen LogP contribution is -2.18. The highest BCUT2D eigenvalue weighted by atomic mass is 19.1. The van der Waals surface area contributed by atoms with E-state index < -0.39 is 24.1 Å². The molecule has 0 aliphatic rings. The van der Waals surface area contributed by atoms with Crippen molar-refractivity contribution in [1.82, 2.24) is 0 Å². The monoisotopic (exact) mass is 361 g/mol. The van der Waals surface area contributed by atoms with Gasteiger partial charge in [-0.3, -0.25) is 9.59 Å². The molecule has 0 saturated heterocycles. The molecule has 8 heteroatoms. The number of anilines is 2. The van der Waals surface area contributed by atoms with Crippen LogP contribution in [0.2, 0.25) is 0 Å². The van der Waals surface area contributed by atoms with Crippen LogP contribution >= 0.6 is 0 Å². The molecule has 0 unspecified atom stereocenters. The summed E-state index contributed by atoms with van der Waals surface area (Å²) in [7, 11) is 0. The SMILES string of the molecule is CC(=O)Nc1ccc(/C(C)=N/OCC(=O)Nc2ccc(F)cc2F)cc1. The number of benzene rings is 2. The Labute approximate surface area is 148 Å². The molecule has 0 heterocycles. The maximum Gasteiger partial charge on any atom is 0.265 e.